The molecule has 1 amide bonds. The molecule has 1 heterocycles. The molecule has 0 aromatic carbocycles. The Morgan fingerprint density at radius 2 is 1.95 bits per heavy atom. The van der Waals surface area contributed by atoms with Crippen molar-refractivity contribution in [1.29, 1.82) is 0 Å². The van der Waals surface area contributed by atoms with Crippen molar-refractivity contribution in [3.63, 3.8) is 0 Å². The summed E-state index contributed by atoms with van der Waals surface area (Å²) >= 11 is 0. The molecule has 1 saturated heterocycles. The zero-order chi connectivity index (χ0) is 13.4. The maximum absolute atomic E-state index is 12.6. The molecule has 0 spiro atoms. The maximum atomic E-state index is 12.6. The summed E-state index contributed by atoms with van der Waals surface area (Å²) in [5.74, 6) is 1.61. The molecule has 0 aromatic heterocycles. The van der Waals surface area contributed by atoms with E-state index in [9.17, 15) is 4.79 Å². The Labute approximate surface area is 116 Å². The van der Waals surface area contributed by atoms with Crippen molar-refractivity contribution in [2.24, 2.45) is 23.5 Å². The Bertz CT molecular complexity index is 338. The first-order valence-corrected chi connectivity index (χ1v) is 7.89. The largest absolute Gasteiger partial charge is 0.344 e. The van der Waals surface area contributed by atoms with Crippen LogP contribution in [-0.2, 0) is 4.79 Å². The van der Waals surface area contributed by atoms with Gasteiger partial charge in [0.2, 0.25) is 5.91 Å². The number of rotatable bonds is 4. The molecule has 0 aromatic rings. The van der Waals surface area contributed by atoms with Gasteiger partial charge in [-0.2, -0.15) is 0 Å². The minimum Gasteiger partial charge on any atom is -0.344 e. The fourth-order valence-electron chi connectivity index (χ4n) is 4.36. The van der Waals surface area contributed by atoms with Gasteiger partial charge in [0.1, 0.15) is 0 Å². The first-order chi connectivity index (χ1) is 9.16. The summed E-state index contributed by atoms with van der Waals surface area (Å²) in [5.41, 5.74) is 6.26. The molecule has 4 unspecified atom stereocenters. The van der Waals surface area contributed by atoms with Gasteiger partial charge in [0, 0.05) is 26.2 Å². The van der Waals surface area contributed by atoms with Crippen molar-refractivity contribution in [1.82, 2.24) is 9.80 Å². The molecule has 2 N–H and O–H groups in total. The number of amides is 1. The Kier molecular flexibility index (Phi) is 3.81. The predicted molar refractivity (Wildman–Crippen MR) is 75.6 cm³/mol. The molecule has 4 heteroatoms. The summed E-state index contributed by atoms with van der Waals surface area (Å²) in [6.45, 7) is 4.29. The van der Waals surface area contributed by atoms with Gasteiger partial charge in [-0.15, -0.1) is 0 Å². The molecule has 0 radical (unpaired) electrons. The highest BCUT2D eigenvalue weighted by atomic mass is 16.2. The average molecular weight is 265 g/mol. The van der Waals surface area contributed by atoms with Gasteiger partial charge in [-0.25, -0.2) is 0 Å². The molecule has 3 rings (SSSR count). The van der Waals surface area contributed by atoms with Crippen LogP contribution in [0.25, 0.3) is 0 Å². The quantitative estimate of drug-likeness (QED) is 0.822. The Morgan fingerprint density at radius 1 is 1.26 bits per heavy atom. The van der Waals surface area contributed by atoms with E-state index in [1.807, 2.05) is 11.9 Å². The average Bonchev–Trinajstić information content (AvgIpc) is 3.11. The fourth-order valence-corrected chi connectivity index (χ4v) is 4.36. The minimum absolute atomic E-state index is 0.113. The van der Waals surface area contributed by atoms with Crippen molar-refractivity contribution in [3.8, 4) is 0 Å². The zero-order valence-electron chi connectivity index (χ0n) is 12.1. The van der Waals surface area contributed by atoms with Gasteiger partial charge in [0.05, 0.1) is 5.92 Å². The normalized spacial score (nSPS) is 38.0. The zero-order valence-corrected chi connectivity index (χ0v) is 12.1. The highest BCUT2D eigenvalue weighted by Gasteiger charge is 2.49. The van der Waals surface area contributed by atoms with Crippen molar-refractivity contribution in [2.45, 2.75) is 38.1 Å². The number of nitrogens with two attached hydrogens (primary N) is 1. The van der Waals surface area contributed by atoms with Gasteiger partial charge in [-0.05, 0) is 57.0 Å². The first-order valence-electron chi connectivity index (χ1n) is 7.89. The molecule has 1 aliphatic heterocycles. The lowest BCUT2D eigenvalue weighted by Crippen LogP contribution is -2.47. The summed E-state index contributed by atoms with van der Waals surface area (Å²) < 4.78 is 0. The van der Waals surface area contributed by atoms with Crippen LogP contribution in [0.3, 0.4) is 0 Å². The summed E-state index contributed by atoms with van der Waals surface area (Å²) in [6, 6.07) is 0.125. The summed E-state index contributed by atoms with van der Waals surface area (Å²) in [7, 11) is 1.96. The van der Waals surface area contributed by atoms with Crippen LogP contribution in [0.5, 0.6) is 0 Å². The molecule has 2 aliphatic carbocycles. The predicted octanol–water partition coefficient (Wildman–Crippen LogP) is 0.914. The number of nitrogens with zero attached hydrogens (tertiary/aromatic N) is 2. The minimum atomic E-state index is 0.113. The van der Waals surface area contributed by atoms with E-state index in [-0.39, 0.29) is 12.0 Å². The summed E-state index contributed by atoms with van der Waals surface area (Å²) in [5, 5.41) is 0. The van der Waals surface area contributed by atoms with Gasteiger partial charge in [0.15, 0.2) is 0 Å². The molecule has 3 aliphatic rings. The number of hydrogen-bond acceptors (Lipinski definition) is 3. The van der Waals surface area contributed by atoms with Gasteiger partial charge >= 0.3 is 0 Å². The van der Waals surface area contributed by atoms with Crippen molar-refractivity contribution in [2.75, 3.05) is 33.2 Å². The van der Waals surface area contributed by atoms with E-state index in [0.29, 0.717) is 17.7 Å². The van der Waals surface area contributed by atoms with Crippen molar-refractivity contribution in [3.05, 3.63) is 0 Å². The lowest BCUT2D eigenvalue weighted by atomic mass is 9.84. The lowest BCUT2D eigenvalue weighted by Gasteiger charge is -2.31. The van der Waals surface area contributed by atoms with E-state index in [1.165, 1.54) is 45.2 Å². The van der Waals surface area contributed by atoms with E-state index in [1.54, 1.807) is 0 Å². The summed E-state index contributed by atoms with van der Waals surface area (Å²) in [6.07, 6.45) is 6.28. The number of carbonyl (C=O) groups excluding carboxylic acids is 1. The van der Waals surface area contributed by atoms with E-state index in [0.717, 1.165) is 13.1 Å². The van der Waals surface area contributed by atoms with Crippen molar-refractivity contribution >= 4 is 5.91 Å². The topological polar surface area (TPSA) is 49.6 Å². The second kappa shape index (κ2) is 5.41. The number of carbonyl (C=O) groups is 1. The van der Waals surface area contributed by atoms with Crippen LogP contribution in [0.4, 0.5) is 0 Å². The number of hydrogen-bond donors (Lipinski definition) is 1. The number of likely N-dealkylation sites (N-methyl/N-ethyl adjacent to an activating group) is 1. The molecule has 2 bridgehead atoms. The van der Waals surface area contributed by atoms with Crippen LogP contribution in [0, 0.1) is 17.8 Å². The Morgan fingerprint density at radius 3 is 2.58 bits per heavy atom. The lowest BCUT2D eigenvalue weighted by molar-refractivity contribution is -0.136. The monoisotopic (exact) mass is 265 g/mol. The highest BCUT2D eigenvalue weighted by Crippen LogP contribution is 2.48. The Balaban J connectivity index is 1.51. The first kappa shape index (κ1) is 13.4. The second-order valence-corrected chi connectivity index (χ2v) is 6.74. The number of likely N-dealkylation sites (tertiary alicyclic amines) is 1. The van der Waals surface area contributed by atoms with Gasteiger partial charge in [-0.3, -0.25) is 4.79 Å². The fraction of sp³-hybridized carbons (Fsp3) is 0.933. The van der Waals surface area contributed by atoms with Crippen LogP contribution >= 0.6 is 0 Å². The van der Waals surface area contributed by atoms with Crippen LogP contribution in [0.1, 0.15) is 32.1 Å². The van der Waals surface area contributed by atoms with Crippen LogP contribution in [0.2, 0.25) is 0 Å². The van der Waals surface area contributed by atoms with E-state index >= 15 is 0 Å². The molecule has 3 fully saturated rings. The molecule has 4 atom stereocenters. The maximum Gasteiger partial charge on any atom is 0.227 e. The third kappa shape index (κ3) is 2.52. The smallest absolute Gasteiger partial charge is 0.227 e. The molecular formula is C15H27N3O. The number of fused-ring (bicyclic) bond motifs is 2. The van der Waals surface area contributed by atoms with E-state index < -0.39 is 0 Å². The van der Waals surface area contributed by atoms with Crippen molar-refractivity contribution < 1.29 is 4.79 Å². The molecule has 4 nitrogen and oxygen atoms in total. The third-order valence-corrected chi connectivity index (χ3v) is 5.59. The van der Waals surface area contributed by atoms with Gasteiger partial charge in [0.25, 0.3) is 0 Å². The van der Waals surface area contributed by atoms with E-state index in [2.05, 4.69) is 4.90 Å². The molecule has 108 valence electrons. The van der Waals surface area contributed by atoms with Crippen LogP contribution in [-0.4, -0.2) is 55.0 Å². The van der Waals surface area contributed by atoms with Crippen LogP contribution < -0.4 is 5.73 Å². The molecular weight excluding hydrogens is 238 g/mol. The highest BCUT2D eigenvalue weighted by molar-refractivity contribution is 5.80. The van der Waals surface area contributed by atoms with Crippen LogP contribution in [0.15, 0.2) is 0 Å². The molecule has 19 heavy (non-hydrogen) atoms. The second-order valence-electron chi connectivity index (χ2n) is 6.74. The SMILES string of the molecule is CN(CCN1CCCC1)C(=O)C1C2CCC(C2)C1N. The van der Waals surface area contributed by atoms with Gasteiger partial charge in [-0.1, -0.05) is 0 Å². The Hall–Kier alpha value is -0.610. The standard InChI is InChI=1S/C15H27N3O/c1-17(8-9-18-6-2-3-7-18)15(19)13-11-4-5-12(10-11)14(13)16/h11-14H,2-10,16H2,1H3. The third-order valence-electron chi connectivity index (χ3n) is 5.59. The van der Waals surface area contributed by atoms with Gasteiger partial charge < -0.3 is 15.5 Å². The van der Waals surface area contributed by atoms with E-state index in [4.69, 9.17) is 5.73 Å². The summed E-state index contributed by atoms with van der Waals surface area (Å²) in [4.78, 5) is 17.0. The molecule has 2 saturated carbocycles.